The van der Waals surface area contributed by atoms with Crippen LogP contribution < -0.4 is 0 Å². The molecule has 0 unspecified atom stereocenters. The molecule has 0 saturated heterocycles. The van der Waals surface area contributed by atoms with E-state index in [1.807, 2.05) is 35.6 Å². The summed E-state index contributed by atoms with van der Waals surface area (Å²) in [7, 11) is 0. The van der Waals surface area contributed by atoms with E-state index in [0.717, 1.165) is 40.2 Å². The van der Waals surface area contributed by atoms with Crippen molar-refractivity contribution in [2.75, 3.05) is 6.54 Å². The van der Waals surface area contributed by atoms with Gasteiger partial charge in [-0.25, -0.2) is 4.68 Å². The lowest BCUT2D eigenvalue weighted by Gasteiger charge is -2.17. The normalized spacial score (nSPS) is 14.6. The van der Waals surface area contributed by atoms with Crippen molar-refractivity contribution < 1.29 is 4.79 Å². The number of aromatic nitrogens is 3. The van der Waals surface area contributed by atoms with Crippen LogP contribution in [0.5, 0.6) is 0 Å². The first-order valence-electron chi connectivity index (χ1n) is 8.14. The van der Waals surface area contributed by atoms with E-state index in [9.17, 15) is 4.79 Å². The predicted octanol–water partition coefficient (Wildman–Crippen LogP) is 2.98. The van der Waals surface area contributed by atoms with E-state index < -0.39 is 0 Å². The molecule has 1 amide bonds. The number of aryl methyl sites for hydroxylation is 2. The monoisotopic (exact) mass is 322 g/mol. The van der Waals surface area contributed by atoms with Gasteiger partial charge in [0, 0.05) is 42.3 Å². The van der Waals surface area contributed by atoms with E-state index in [0.29, 0.717) is 13.1 Å². The molecule has 2 aromatic rings. The zero-order chi connectivity index (χ0) is 17.3. The summed E-state index contributed by atoms with van der Waals surface area (Å²) in [4.78, 5) is 18.5. The Morgan fingerprint density at radius 1 is 1.38 bits per heavy atom. The maximum atomic E-state index is 12.6. The summed E-state index contributed by atoms with van der Waals surface area (Å²) in [5.74, 6) is 0.0514. The molecule has 3 rings (SSSR count). The van der Waals surface area contributed by atoms with Gasteiger partial charge in [0.1, 0.15) is 0 Å². The molecule has 5 heteroatoms. The van der Waals surface area contributed by atoms with E-state index in [1.165, 1.54) is 0 Å². The summed E-state index contributed by atoms with van der Waals surface area (Å²) in [5.41, 5.74) is 5.58. The fourth-order valence-electron chi connectivity index (χ4n) is 3.01. The van der Waals surface area contributed by atoms with Crippen molar-refractivity contribution in [3.63, 3.8) is 0 Å². The first kappa shape index (κ1) is 16.2. The summed E-state index contributed by atoms with van der Waals surface area (Å²) in [5, 5.41) is 4.58. The van der Waals surface area contributed by atoms with Crippen LogP contribution in [0.3, 0.4) is 0 Å². The number of hydrogen-bond acceptors (Lipinski definition) is 3. The SMILES string of the molecule is C=C(C1=C(C)C(=O)N(Cc2cccnc2)C1)n1nc(CC)cc1C. The molecule has 124 valence electrons. The van der Waals surface area contributed by atoms with Gasteiger partial charge in [-0.3, -0.25) is 9.78 Å². The van der Waals surface area contributed by atoms with Crippen molar-refractivity contribution in [2.24, 2.45) is 0 Å². The molecular formula is C19H22N4O. The van der Waals surface area contributed by atoms with Gasteiger partial charge in [0.05, 0.1) is 11.4 Å². The molecule has 1 aliphatic rings. The van der Waals surface area contributed by atoms with Gasteiger partial charge in [-0.15, -0.1) is 0 Å². The molecule has 3 heterocycles. The maximum Gasteiger partial charge on any atom is 0.250 e. The molecule has 0 aromatic carbocycles. The minimum Gasteiger partial charge on any atom is -0.330 e. The van der Waals surface area contributed by atoms with Crippen molar-refractivity contribution >= 4 is 11.6 Å². The number of pyridine rings is 1. The molecule has 0 fully saturated rings. The largest absolute Gasteiger partial charge is 0.330 e. The molecule has 0 saturated carbocycles. The third-order valence-electron chi connectivity index (χ3n) is 4.41. The van der Waals surface area contributed by atoms with E-state index in [2.05, 4.69) is 29.7 Å². The molecule has 0 radical (unpaired) electrons. The van der Waals surface area contributed by atoms with Gasteiger partial charge in [0.25, 0.3) is 5.91 Å². The Bertz CT molecular complexity index is 817. The van der Waals surface area contributed by atoms with Gasteiger partial charge in [-0.1, -0.05) is 19.6 Å². The highest BCUT2D eigenvalue weighted by molar-refractivity contribution is 6.00. The fraction of sp³-hybridized carbons (Fsp3) is 0.316. The Morgan fingerprint density at radius 2 is 2.17 bits per heavy atom. The lowest BCUT2D eigenvalue weighted by molar-refractivity contribution is -0.125. The Hall–Kier alpha value is -2.69. The molecule has 0 aliphatic carbocycles. The second-order valence-corrected chi connectivity index (χ2v) is 6.12. The lowest BCUT2D eigenvalue weighted by Crippen LogP contribution is -2.26. The first-order chi connectivity index (χ1) is 11.5. The third-order valence-corrected chi connectivity index (χ3v) is 4.41. The molecule has 0 N–H and O–H groups in total. The minimum absolute atomic E-state index is 0.0514. The van der Waals surface area contributed by atoms with Crippen LogP contribution in [0.15, 0.2) is 48.3 Å². The Labute approximate surface area is 142 Å². The van der Waals surface area contributed by atoms with Crippen molar-refractivity contribution in [1.29, 1.82) is 0 Å². The topological polar surface area (TPSA) is 51.0 Å². The highest BCUT2D eigenvalue weighted by Crippen LogP contribution is 2.28. The Kier molecular flexibility index (Phi) is 4.34. The standard InChI is InChI=1S/C19H22N4O/c1-5-17-9-13(2)23(21-17)15(4)18-12-22(19(24)14(18)3)11-16-7-6-8-20-10-16/h6-10H,4-5,11-12H2,1-3H3. The van der Waals surface area contributed by atoms with Crippen LogP contribution in [0.1, 0.15) is 30.8 Å². The van der Waals surface area contributed by atoms with Crippen LogP contribution in [0, 0.1) is 6.92 Å². The van der Waals surface area contributed by atoms with Gasteiger partial charge < -0.3 is 4.90 Å². The van der Waals surface area contributed by atoms with Crippen molar-refractivity contribution in [1.82, 2.24) is 19.7 Å². The molecular weight excluding hydrogens is 300 g/mol. The van der Waals surface area contributed by atoms with Gasteiger partial charge in [-0.05, 0) is 38.0 Å². The smallest absolute Gasteiger partial charge is 0.250 e. The second kappa shape index (κ2) is 6.43. The van der Waals surface area contributed by atoms with Crippen LogP contribution >= 0.6 is 0 Å². The van der Waals surface area contributed by atoms with Crippen LogP contribution in [-0.2, 0) is 17.8 Å². The van der Waals surface area contributed by atoms with Crippen LogP contribution in [0.4, 0.5) is 0 Å². The minimum atomic E-state index is 0.0514. The summed E-state index contributed by atoms with van der Waals surface area (Å²) in [6.07, 6.45) is 4.41. The number of rotatable bonds is 5. The lowest BCUT2D eigenvalue weighted by atomic mass is 10.1. The van der Waals surface area contributed by atoms with Gasteiger partial charge in [0.2, 0.25) is 0 Å². The first-order valence-corrected chi connectivity index (χ1v) is 8.14. The van der Waals surface area contributed by atoms with E-state index >= 15 is 0 Å². The Morgan fingerprint density at radius 3 is 2.79 bits per heavy atom. The second-order valence-electron chi connectivity index (χ2n) is 6.12. The van der Waals surface area contributed by atoms with Crippen molar-refractivity contribution in [3.05, 3.63) is 65.3 Å². The fourth-order valence-corrected chi connectivity index (χ4v) is 3.01. The van der Waals surface area contributed by atoms with Gasteiger partial charge in [-0.2, -0.15) is 5.10 Å². The van der Waals surface area contributed by atoms with E-state index in [-0.39, 0.29) is 5.91 Å². The summed E-state index contributed by atoms with van der Waals surface area (Å²) in [6, 6.07) is 5.92. The van der Waals surface area contributed by atoms with E-state index in [1.54, 1.807) is 12.4 Å². The molecule has 5 nitrogen and oxygen atoms in total. The predicted molar refractivity (Wildman–Crippen MR) is 94.0 cm³/mol. The number of carbonyl (C=O) groups excluding carboxylic acids is 1. The van der Waals surface area contributed by atoms with Gasteiger partial charge >= 0.3 is 0 Å². The average Bonchev–Trinajstić information content (AvgIpc) is 3.10. The zero-order valence-electron chi connectivity index (χ0n) is 14.4. The highest BCUT2D eigenvalue weighted by Gasteiger charge is 2.29. The quantitative estimate of drug-likeness (QED) is 0.850. The molecule has 24 heavy (non-hydrogen) atoms. The number of nitrogens with zero attached hydrogens (tertiary/aromatic N) is 4. The van der Waals surface area contributed by atoms with Crippen molar-refractivity contribution in [2.45, 2.75) is 33.7 Å². The molecule has 0 bridgehead atoms. The molecule has 0 atom stereocenters. The Balaban J connectivity index is 1.82. The summed E-state index contributed by atoms with van der Waals surface area (Å²) in [6.45, 7) is 11.3. The highest BCUT2D eigenvalue weighted by atomic mass is 16.2. The number of carbonyl (C=O) groups is 1. The molecule has 1 aliphatic heterocycles. The maximum absolute atomic E-state index is 12.6. The molecule has 0 spiro atoms. The summed E-state index contributed by atoms with van der Waals surface area (Å²) >= 11 is 0. The van der Waals surface area contributed by atoms with Crippen LogP contribution in [0.2, 0.25) is 0 Å². The van der Waals surface area contributed by atoms with Crippen LogP contribution in [0.25, 0.3) is 5.70 Å². The van der Waals surface area contributed by atoms with Gasteiger partial charge in [0.15, 0.2) is 0 Å². The third kappa shape index (κ3) is 2.89. The van der Waals surface area contributed by atoms with E-state index in [4.69, 9.17) is 0 Å². The number of hydrogen-bond donors (Lipinski definition) is 0. The molecule has 2 aromatic heterocycles. The zero-order valence-corrected chi connectivity index (χ0v) is 14.4. The van der Waals surface area contributed by atoms with Crippen molar-refractivity contribution in [3.8, 4) is 0 Å². The van der Waals surface area contributed by atoms with Crippen LogP contribution in [-0.4, -0.2) is 32.1 Å². The summed E-state index contributed by atoms with van der Waals surface area (Å²) < 4.78 is 1.85. The average molecular weight is 322 g/mol. The number of amides is 1.